The Morgan fingerprint density at radius 3 is 2.41 bits per heavy atom. The Balaban J connectivity index is 2.22. The molecule has 1 amide bonds. The number of benzene rings is 2. The van der Waals surface area contributed by atoms with E-state index in [1.807, 2.05) is 30.3 Å². The van der Waals surface area contributed by atoms with Crippen LogP contribution >= 0.6 is 0 Å². The molecule has 0 aliphatic heterocycles. The van der Waals surface area contributed by atoms with Crippen LogP contribution < -0.4 is 10.6 Å². The predicted octanol–water partition coefficient (Wildman–Crippen LogP) is 3.19. The fourth-order valence-electron chi connectivity index (χ4n) is 2.38. The maximum absolute atomic E-state index is 12.4. The van der Waals surface area contributed by atoms with Crippen LogP contribution in [0.15, 0.2) is 48.5 Å². The molecule has 2 aromatic carbocycles. The largest absolute Gasteiger partial charge is 0.480 e. The Morgan fingerprint density at radius 1 is 1.19 bits per heavy atom. The first-order valence-electron chi connectivity index (χ1n) is 8.39. The Labute approximate surface area is 156 Å². The summed E-state index contributed by atoms with van der Waals surface area (Å²) in [6.07, 6.45) is 0.173. The molecule has 0 aromatic heterocycles. The molecule has 0 bridgehead atoms. The molecule has 8 nitrogen and oxygen atoms in total. The molecule has 0 saturated carbocycles. The number of anilines is 1. The summed E-state index contributed by atoms with van der Waals surface area (Å²) >= 11 is 0. The second kappa shape index (κ2) is 8.31. The zero-order chi connectivity index (χ0) is 20.0. The van der Waals surface area contributed by atoms with E-state index in [-0.39, 0.29) is 23.4 Å². The minimum atomic E-state index is -1.45. The van der Waals surface area contributed by atoms with Gasteiger partial charge in [0.05, 0.1) is 4.92 Å². The monoisotopic (exact) mass is 371 g/mol. The molecule has 142 valence electrons. The number of carboxylic acid groups (broad SMARTS) is 1. The van der Waals surface area contributed by atoms with Gasteiger partial charge in [-0.3, -0.25) is 14.9 Å². The predicted molar refractivity (Wildman–Crippen MR) is 101 cm³/mol. The SMILES string of the molecule is CCC(C)(NC(=O)c1ccc(NCc2ccccc2)c([N+](=O)[O-])c1)C(=O)O. The van der Waals surface area contributed by atoms with Crippen molar-refractivity contribution >= 4 is 23.3 Å². The van der Waals surface area contributed by atoms with Gasteiger partial charge in [-0.2, -0.15) is 0 Å². The molecule has 2 aromatic rings. The van der Waals surface area contributed by atoms with Gasteiger partial charge in [-0.05, 0) is 31.0 Å². The van der Waals surface area contributed by atoms with E-state index in [1.54, 1.807) is 6.92 Å². The van der Waals surface area contributed by atoms with Crippen LogP contribution in [-0.2, 0) is 11.3 Å². The van der Waals surface area contributed by atoms with Crippen molar-refractivity contribution in [3.63, 3.8) is 0 Å². The highest BCUT2D eigenvalue weighted by Crippen LogP contribution is 2.26. The Bertz CT molecular complexity index is 854. The van der Waals surface area contributed by atoms with Gasteiger partial charge in [0.15, 0.2) is 0 Å². The smallest absolute Gasteiger partial charge is 0.329 e. The van der Waals surface area contributed by atoms with Crippen LogP contribution in [-0.4, -0.2) is 27.4 Å². The van der Waals surface area contributed by atoms with Gasteiger partial charge >= 0.3 is 5.97 Å². The van der Waals surface area contributed by atoms with E-state index < -0.39 is 22.3 Å². The maximum atomic E-state index is 12.4. The molecule has 0 fully saturated rings. The molecule has 3 N–H and O–H groups in total. The van der Waals surface area contributed by atoms with Crippen molar-refractivity contribution in [2.75, 3.05) is 5.32 Å². The zero-order valence-electron chi connectivity index (χ0n) is 15.1. The van der Waals surface area contributed by atoms with Gasteiger partial charge in [0.25, 0.3) is 11.6 Å². The minimum Gasteiger partial charge on any atom is -0.480 e. The normalized spacial score (nSPS) is 12.7. The second-order valence-electron chi connectivity index (χ2n) is 6.27. The van der Waals surface area contributed by atoms with E-state index >= 15 is 0 Å². The highest BCUT2D eigenvalue weighted by Gasteiger charge is 2.33. The van der Waals surface area contributed by atoms with Crippen LogP contribution in [0.3, 0.4) is 0 Å². The summed E-state index contributed by atoms with van der Waals surface area (Å²) in [5.41, 5.74) is -0.457. The number of carbonyl (C=O) groups is 2. The molecule has 8 heteroatoms. The maximum Gasteiger partial charge on any atom is 0.329 e. The number of carboxylic acids is 1. The number of nitro groups is 1. The van der Waals surface area contributed by atoms with Gasteiger partial charge in [0.1, 0.15) is 11.2 Å². The van der Waals surface area contributed by atoms with Crippen LogP contribution in [0.4, 0.5) is 11.4 Å². The van der Waals surface area contributed by atoms with Gasteiger partial charge in [-0.15, -0.1) is 0 Å². The van der Waals surface area contributed by atoms with E-state index in [9.17, 15) is 24.8 Å². The zero-order valence-corrected chi connectivity index (χ0v) is 15.1. The lowest BCUT2D eigenvalue weighted by molar-refractivity contribution is -0.384. The molecule has 1 atom stereocenters. The van der Waals surface area contributed by atoms with Crippen molar-refractivity contribution in [3.8, 4) is 0 Å². The van der Waals surface area contributed by atoms with Crippen LogP contribution in [0.25, 0.3) is 0 Å². The molecule has 1 unspecified atom stereocenters. The summed E-state index contributed by atoms with van der Waals surface area (Å²) < 4.78 is 0. The Kier molecular flexibility index (Phi) is 6.12. The van der Waals surface area contributed by atoms with Crippen molar-refractivity contribution in [2.45, 2.75) is 32.4 Å². The summed E-state index contributed by atoms with van der Waals surface area (Å²) in [5.74, 6) is -1.85. The third-order valence-electron chi connectivity index (χ3n) is 4.35. The lowest BCUT2D eigenvalue weighted by Gasteiger charge is -2.24. The van der Waals surface area contributed by atoms with Crippen molar-refractivity contribution in [1.82, 2.24) is 5.32 Å². The number of hydrogen-bond acceptors (Lipinski definition) is 5. The number of aliphatic carboxylic acids is 1. The standard InChI is InChI=1S/C19H21N3O5/c1-3-19(2,18(24)25)21-17(23)14-9-10-15(16(11-14)22(26)27)20-12-13-7-5-4-6-8-13/h4-11,20H,3,12H2,1-2H3,(H,21,23)(H,24,25). The first kappa shape index (κ1) is 19.9. The second-order valence-corrected chi connectivity index (χ2v) is 6.27. The summed E-state index contributed by atoms with van der Waals surface area (Å²) in [6, 6.07) is 13.4. The third-order valence-corrected chi connectivity index (χ3v) is 4.35. The van der Waals surface area contributed by atoms with Crippen LogP contribution in [0.5, 0.6) is 0 Å². The van der Waals surface area contributed by atoms with Crippen molar-refractivity contribution < 1.29 is 19.6 Å². The number of rotatable bonds is 8. The van der Waals surface area contributed by atoms with Gasteiger partial charge in [-0.1, -0.05) is 37.3 Å². The molecule has 0 heterocycles. The number of amides is 1. The van der Waals surface area contributed by atoms with E-state index in [4.69, 9.17) is 0 Å². The molecule has 0 spiro atoms. The number of hydrogen-bond donors (Lipinski definition) is 3. The minimum absolute atomic E-state index is 0.0212. The van der Waals surface area contributed by atoms with Crippen LogP contribution in [0.2, 0.25) is 0 Å². The lowest BCUT2D eigenvalue weighted by atomic mass is 9.98. The summed E-state index contributed by atoms with van der Waals surface area (Å²) in [7, 11) is 0. The van der Waals surface area contributed by atoms with Gasteiger partial charge in [0, 0.05) is 18.2 Å². The van der Waals surface area contributed by atoms with E-state index in [2.05, 4.69) is 10.6 Å². The topological polar surface area (TPSA) is 122 Å². The molecular formula is C19H21N3O5. The molecule has 0 saturated heterocycles. The Hall–Kier alpha value is -3.42. The Morgan fingerprint density at radius 2 is 1.85 bits per heavy atom. The first-order valence-corrected chi connectivity index (χ1v) is 8.39. The fourth-order valence-corrected chi connectivity index (χ4v) is 2.38. The van der Waals surface area contributed by atoms with Gasteiger partial charge in [-0.25, -0.2) is 4.79 Å². The van der Waals surface area contributed by atoms with Gasteiger partial charge in [0.2, 0.25) is 0 Å². The molecule has 0 radical (unpaired) electrons. The van der Waals surface area contributed by atoms with Crippen LogP contribution in [0.1, 0.15) is 36.2 Å². The molecule has 0 aliphatic carbocycles. The third kappa shape index (κ3) is 4.81. The average Bonchev–Trinajstić information content (AvgIpc) is 2.66. The summed E-state index contributed by atoms with van der Waals surface area (Å²) in [6.45, 7) is 3.41. The number of nitrogens with one attached hydrogen (secondary N) is 2. The summed E-state index contributed by atoms with van der Waals surface area (Å²) in [4.78, 5) is 34.5. The number of nitrogens with zero attached hydrogens (tertiary/aromatic N) is 1. The fraction of sp³-hybridized carbons (Fsp3) is 0.263. The molecule has 27 heavy (non-hydrogen) atoms. The molecule has 2 rings (SSSR count). The average molecular weight is 371 g/mol. The lowest BCUT2D eigenvalue weighted by Crippen LogP contribution is -2.51. The highest BCUT2D eigenvalue weighted by atomic mass is 16.6. The van der Waals surface area contributed by atoms with E-state index in [0.717, 1.165) is 11.6 Å². The first-order chi connectivity index (χ1) is 12.8. The number of carbonyl (C=O) groups excluding carboxylic acids is 1. The highest BCUT2D eigenvalue weighted by molar-refractivity contribution is 5.98. The van der Waals surface area contributed by atoms with Crippen LogP contribution in [0, 0.1) is 10.1 Å². The number of nitro benzene ring substituents is 1. The van der Waals surface area contributed by atoms with Crippen molar-refractivity contribution in [3.05, 3.63) is 69.8 Å². The molecular weight excluding hydrogens is 350 g/mol. The van der Waals surface area contributed by atoms with Gasteiger partial charge < -0.3 is 15.7 Å². The van der Waals surface area contributed by atoms with Crippen molar-refractivity contribution in [2.24, 2.45) is 0 Å². The van der Waals surface area contributed by atoms with Crippen molar-refractivity contribution in [1.29, 1.82) is 0 Å². The molecule has 0 aliphatic rings. The van der Waals surface area contributed by atoms with E-state index in [1.165, 1.54) is 19.1 Å². The quantitative estimate of drug-likeness (QED) is 0.484. The van der Waals surface area contributed by atoms with E-state index in [0.29, 0.717) is 6.54 Å². The summed E-state index contributed by atoms with van der Waals surface area (Å²) in [5, 5.41) is 26.1.